The molecule has 182 valence electrons. The Morgan fingerprint density at radius 1 is 1.21 bits per heavy atom. The quantitative estimate of drug-likeness (QED) is 0.405. The van der Waals surface area contributed by atoms with E-state index in [4.69, 9.17) is 14.2 Å². The van der Waals surface area contributed by atoms with E-state index < -0.39 is 10.0 Å². The molecule has 0 saturated carbocycles. The van der Waals surface area contributed by atoms with E-state index in [2.05, 4.69) is 9.71 Å². The van der Waals surface area contributed by atoms with Crippen molar-refractivity contribution in [2.24, 2.45) is 4.99 Å². The lowest BCUT2D eigenvalue weighted by Crippen LogP contribution is -2.22. The zero-order valence-corrected chi connectivity index (χ0v) is 20.3. The maximum absolute atomic E-state index is 12.2. The summed E-state index contributed by atoms with van der Waals surface area (Å²) >= 11 is 0. The first-order valence-electron chi connectivity index (χ1n) is 11.6. The minimum atomic E-state index is -3.51. The van der Waals surface area contributed by atoms with Gasteiger partial charge < -0.3 is 14.2 Å². The molecule has 9 heteroatoms. The lowest BCUT2D eigenvalue weighted by Gasteiger charge is -2.13. The Bertz CT molecular complexity index is 1190. The van der Waals surface area contributed by atoms with Gasteiger partial charge in [-0.15, -0.1) is 0 Å². The van der Waals surface area contributed by atoms with Crippen LogP contribution < -0.4 is 14.2 Å². The van der Waals surface area contributed by atoms with Crippen LogP contribution in [0.1, 0.15) is 56.2 Å². The Kier molecular flexibility index (Phi) is 7.41. The standard InChI is InChI=1S/C25H30N2O6S/c1-3-31-21-14-18-13-17(2)33-22(18)15-19(21)16-32-24(28)11-5-4-8-12-26-25-20-9-6-7-10-23(20)34(29,30)27-25/h6-7,9-10,14-15,17H,3-5,8,11-13,16H2,1-2H3,(H,26,27). The zero-order valence-electron chi connectivity index (χ0n) is 19.5. The molecule has 0 saturated heterocycles. The van der Waals surface area contributed by atoms with Crippen molar-refractivity contribution in [2.45, 2.75) is 63.6 Å². The van der Waals surface area contributed by atoms with Crippen LogP contribution in [0.25, 0.3) is 0 Å². The van der Waals surface area contributed by atoms with Crippen LogP contribution in [0.2, 0.25) is 0 Å². The second-order valence-electron chi connectivity index (χ2n) is 8.44. The number of ether oxygens (including phenoxy) is 3. The number of hydrogen-bond acceptors (Lipinski definition) is 7. The van der Waals surface area contributed by atoms with Crippen molar-refractivity contribution in [3.63, 3.8) is 0 Å². The van der Waals surface area contributed by atoms with Gasteiger partial charge in [0.15, 0.2) is 0 Å². The molecule has 2 aromatic carbocycles. The lowest BCUT2D eigenvalue weighted by atomic mass is 10.1. The van der Waals surface area contributed by atoms with E-state index in [0.29, 0.717) is 37.4 Å². The molecule has 0 amide bonds. The number of carbonyl (C=O) groups is 1. The van der Waals surface area contributed by atoms with E-state index in [-0.39, 0.29) is 23.6 Å². The molecule has 2 aliphatic rings. The molecule has 0 bridgehead atoms. The van der Waals surface area contributed by atoms with Crippen LogP contribution in [0.3, 0.4) is 0 Å². The smallest absolute Gasteiger partial charge is 0.306 e. The van der Waals surface area contributed by atoms with E-state index in [0.717, 1.165) is 41.9 Å². The van der Waals surface area contributed by atoms with E-state index >= 15 is 0 Å². The highest BCUT2D eigenvalue weighted by Crippen LogP contribution is 2.35. The van der Waals surface area contributed by atoms with Crippen molar-refractivity contribution < 1.29 is 27.4 Å². The monoisotopic (exact) mass is 486 g/mol. The molecular formula is C25H30N2O6S. The number of hydrogen-bond donors (Lipinski definition) is 1. The fourth-order valence-electron chi connectivity index (χ4n) is 4.11. The van der Waals surface area contributed by atoms with Gasteiger partial charge >= 0.3 is 5.97 Å². The van der Waals surface area contributed by atoms with Crippen LogP contribution >= 0.6 is 0 Å². The van der Waals surface area contributed by atoms with Gasteiger partial charge in [-0.1, -0.05) is 18.6 Å². The second-order valence-corrected chi connectivity index (χ2v) is 10.1. The number of sulfonamides is 1. The fraction of sp³-hybridized carbons (Fsp3) is 0.440. The summed E-state index contributed by atoms with van der Waals surface area (Å²) in [6.45, 7) is 5.11. The molecule has 0 spiro atoms. The second kappa shape index (κ2) is 10.5. The average molecular weight is 487 g/mol. The summed E-state index contributed by atoms with van der Waals surface area (Å²) in [6, 6.07) is 10.7. The molecule has 0 aliphatic carbocycles. The Labute approximate surface area is 200 Å². The maximum atomic E-state index is 12.2. The molecule has 4 rings (SSSR count). The van der Waals surface area contributed by atoms with Gasteiger partial charge in [0.1, 0.15) is 30.0 Å². The number of nitrogens with one attached hydrogen (secondary N) is 1. The first kappa shape index (κ1) is 24.1. The van der Waals surface area contributed by atoms with Crippen LogP contribution in [-0.2, 0) is 32.6 Å². The van der Waals surface area contributed by atoms with Crippen LogP contribution in [0.4, 0.5) is 0 Å². The number of benzene rings is 2. The average Bonchev–Trinajstić information content (AvgIpc) is 3.30. The van der Waals surface area contributed by atoms with Crippen LogP contribution in [-0.4, -0.2) is 39.5 Å². The summed E-state index contributed by atoms with van der Waals surface area (Å²) in [5, 5.41) is 0. The van der Waals surface area contributed by atoms with Gasteiger partial charge in [0, 0.05) is 36.1 Å². The first-order valence-corrected chi connectivity index (χ1v) is 13.1. The molecule has 2 aromatic rings. The summed E-state index contributed by atoms with van der Waals surface area (Å²) in [6.07, 6.45) is 3.50. The van der Waals surface area contributed by atoms with Gasteiger partial charge in [0.05, 0.1) is 11.5 Å². The van der Waals surface area contributed by atoms with E-state index in [9.17, 15) is 13.2 Å². The van der Waals surface area contributed by atoms with Gasteiger partial charge in [-0.3, -0.25) is 14.5 Å². The predicted octanol–water partition coefficient (Wildman–Crippen LogP) is 3.75. The normalized spacial score (nSPS) is 18.6. The Balaban J connectivity index is 1.20. The Morgan fingerprint density at radius 3 is 2.85 bits per heavy atom. The summed E-state index contributed by atoms with van der Waals surface area (Å²) < 4.78 is 43.7. The fourth-order valence-corrected chi connectivity index (χ4v) is 5.37. The van der Waals surface area contributed by atoms with Crippen molar-refractivity contribution in [1.82, 2.24) is 4.72 Å². The minimum absolute atomic E-state index is 0.135. The number of aliphatic imine (C=N–C) groups is 1. The highest BCUT2D eigenvalue weighted by molar-refractivity contribution is 7.90. The van der Waals surface area contributed by atoms with Gasteiger partial charge in [0.2, 0.25) is 0 Å². The third kappa shape index (κ3) is 5.52. The molecule has 0 radical (unpaired) electrons. The van der Waals surface area contributed by atoms with Crippen molar-refractivity contribution >= 4 is 21.8 Å². The van der Waals surface area contributed by atoms with Crippen molar-refractivity contribution in [1.29, 1.82) is 0 Å². The van der Waals surface area contributed by atoms with E-state index in [1.54, 1.807) is 24.3 Å². The molecule has 8 nitrogen and oxygen atoms in total. The summed E-state index contributed by atoms with van der Waals surface area (Å²) in [5.74, 6) is 1.68. The minimum Gasteiger partial charge on any atom is -0.493 e. The van der Waals surface area contributed by atoms with E-state index in [1.807, 2.05) is 26.0 Å². The third-order valence-electron chi connectivity index (χ3n) is 5.74. The number of nitrogens with zero attached hydrogens (tertiary/aromatic N) is 1. The SMILES string of the molecule is CCOc1cc2c(cc1COC(=O)CCCCCN=C1NS(=O)(=O)c3ccccc31)OC(C)C2. The number of esters is 1. The summed E-state index contributed by atoms with van der Waals surface area (Å²) in [4.78, 5) is 16.9. The molecule has 1 N–H and O–H groups in total. The van der Waals surface area contributed by atoms with Crippen LogP contribution in [0.15, 0.2) is 46.3 Å². The Morgan fingerprint density at radius 2 is 2.03 bits per heavy atom. The molecule has 2 aliphatic heterocycles. The number of unbranched alkanes of at least 4 members (excludes halogenated alkanes) is 2. The summed E-state index contributed by atoms with van der Waals surface area (Å²) in [7, 11) is -3.51. The highest BCUT2D eigenvalue weighted by Gasteiger charge is 2.29. The molecular weight excluding hydrogens is 456 g/mol. The van der Waals surface area contributed by atoms with Crippen molar-refractivity contribution in [2.75, 3.05) is 13.2 Å². The van der Waals surface area contributed by atoms with Crippen molar-refractivity contribution in [3.8, 4) is 11.5 Å². The van der Waals surface area contributed by atoms with Gasteiger partial charge in [-0.2, -0.15) is 0 Å². The maximum Gasteiger partial charge on any atom is 0.306 e. The molecule has 0 fully saturated rings. The molecule has 34 heavy (non-hydrogen) atoms. The van der Waals surface area contributed by atoms with E-state index in [1.165, 1.54) is 0 Å². The van der Waals surface area contributed by atoms with Crippen LogP contribution in [0, 0.1) is 0 Å². The highest BCUT2D eigenvalue weighted by atomic mass is 32.2. The molecule has 2 heterocycles. The number of rotatable bonds is 10. The Hall–Kier alpha value is -3.07. The largest absolute Gasteiger partial charge is 0.493 e. The number of amidine groups is 1. The zero-order chi connectivity index (χ0) is 24.1. The van der Waals surface area contributed by atoms with Crippen LogP contribution in [0.5, 0.6) is 11.5 Å². The molecule has 0 aromatic heterocycles. The lowest BCUT2D eigenvalue weighted by molar-refractivity contribution is -0.145. The number of carbonyl (C=O) groups excluding carboxylic acids is 1. The van der Waals surface area contributed by atoms with Gasteiger partial charge in [-0.25, -0.2) is 8.42 Å². The van der Waals surface area contributed by atoms with Gasteiger partial charge in [0.25, 0.3) is 10.0 Å². The summed E-state index contributed by atoms with van der Waals surface area (Å²) in [5.41, 5.74) is 2.52. The van der Waals surface area contributed by atoms with Crippen molar-refractivity contribution in [3.05, 3.63) is 53.1 Å². The van der Waals surface area contributed by atoms with Gasteiger partial charge in [-0.05, 0) is 51.0 Å². The molecule has 1 unspecified atom stereocenters. The number of fused-ring (bicyclic) bond motifs is 2. The first-order chi connectivity index (χ1) is 16.4. The third-order valence-corrected chi connectivity index (χ3v) is 7.14. The molecule has 1 atom stereocenters. The predicted molar refractivity (Wildman–Crippen MR) is 128 cm³/mol. The topological polar surface area (TPSA) is 103 Å².